The smallest absolute Gasteiger partial charge is 0.328 e. The fourth-order valence-electron chi connectivity index (χ4n) is 1.50. The van der Waals surface area contributed by atoms with Gasteiger partial charge >= 0.3 is 5.97 Å². The lowest BCUT2D eigenvalue weighted by Gasteiger charge is -2.20. The van der Waals surface area contributed by atoms with Gasteiger partial charge in [0.15, 0.2) is 0 Å². The minimum atomic E-state index is -0.705. The Morgan fingerprint density at radius 2 is 2.16 bits per heavy atom. The first-order valence-electron chi connectivity index (χ1n) is 6.05. The molecule has 0 unspecified atom stereocenters. The fourth-order valence-corrected chi connectivity index (χ4v) is 1.71. The van der Waals surface area contributed by atoms with Crippen molar-refractivity contribution in [3.8, 4) is 0 Å². The molecular weight excluding hydrogens is 268 g/mol. The maximum absolute atomic E-state index is 12.0. The van der Waals surface area contributed by atoms with E-state index in [1.54, 1.807) is 19.1 Å². The molecule has 1 N–H and O–H groups in total. The van der Waals surface area contributed by atoms with Gasteiger partial charge in [0.1, 0.15) is 11.2 Å². The molecule has 1 atom stereocenters. The Bertz CT molecular complexity index is 463. The number of esters is 1. The van der Waals surface area contributed by atoms with Gasteiger partial charge in [0.25, 0.3) is 5.91 Å². The molecule has 104 valence electrons. The maximum atomic E-state index is 12.0. The highest BCUT2D eigenvalue weighted by molar-refractivity contribution is 6.32. The summed E-state index contributed by atoms with van der Waals surface area (Å²) < 4.78 is 4.93. The third-order valence-electron chi connectivity index (χ3n) is 2.50. The Hall–Kier alpha value is -1.62. The van der Waals surface area contributed by atoms with E-state index >= 15 is 0 Å². The number of halogens is 1. The lowest BCUT2D eigenvalue weighted by Crippen LogP contribution is -2.45. The van der Waals surface area contributed by atoms with Gasteiger partial charge < -0.3 is 10.1 Å². The van der Waals surface area contributed by atoms with Gasteiger partial charge in [-0.3, -0.25) is 4.79 Å². The average molecular weight is 285 g/mol. The van der Waals surface area contributed by atoms with Crippen molar-refractivity contribution >= 4 is 23.5 Å². The molecule has 5 nitrogen and oxygen atoms in total. The molecule has 0 saturated carbocycles. The highest BCUT2D eigenvalue weighted by Crippen LogP contribution is 2.13. The van der Waals surface area contributed by atoms with Crippen molar-refractivity contribution in [2.45, 2.75) is 26.8 Å². The predicted octanol–water partition coefficient (Wildman–Crippen LogP) is 2.05. The lowest BCUT2D eigenvalue weighted by atomic mass is 10.0. The van der Waals surface area contributed by atoms with E-state index in [0.29, 0.717) is 0 Å². The molecule has 0 aliphatic heterocycles. The molecular formula is C13H17ClN2O3. The summed E-state index contributed by atoms with van der Waals surface area (Å²) >= 11 is 5.83. The van der Waals surface area contributed by atoms with Crippen LogP contribution < -0.4 is 5.32 Å². The van der Waals surface area contributed by atoms with Crippen LogP contribution in [-0.4, -0.2) is 29.5 Å². The Labute approximate surface area is 117 Å². The molecule has 6 heteroatoms. The number of carbonyl (C=O) groups excluding carboxylic acids is 2. The number of nitrogens with zero attached hydrogens (tertiary/aromatic N) is 1. The van der Waals surface area contributed by atoms with Crippen LogP contribution in [0.1, 0.15) is 31.1 Å². The summed E-state index contributed by atoms with van der Waals surface area (Å²) in [4.78, 5) is 27.6. The summed E-state index contributed by atoms with van der Waals surface area (Å²) in [5.41, 5.74) is 0.235. The highest BCUT2D eigenvalue weighted by Gasteiger charge is 2.26. The van der Waals surface area contributed by atoms with Crippen LogP contribution in [0.3, 0.4) is 0 Å². The second-order valence-electron chi connectivity index (χ2n) is 4.29. The summed E-state index contributed by atoms with van der Waals surface area (Å²) in [6, 6.07) is 2.45. The quantitative estimate of drug-likeness (QED) is 0.664. The molecule has 0 spiro atoms. The SMILES string of the molecule is CCOC(=O)[C@@H](NC(=O)c1cccnc1Cl)C(C)C. The first kappa shape index (κ1) is 15.4. The molecule has 1 rings (SSSR count). The summed E-state index contributed by atoms with van der Waals surface area (Å²) in [5, 5.41) is 2.72. The molecule has 1 heterocycles. The van der Waals surface area contributed by atoms with Gasteiger partial charge in [0.05, 0.1) is 12.2 Å². The van der Waals surface area contributed by atoms with E-state index in [1.807, 2.05) is 13.8 Å². The van der Waals surface area contributed by atoms with Gasteiger partial charge in [0.2, 0.25) is 0 Å². The van der Waals surface area contributed by atoms with Crippen molar-refractivity contribution in [2.75, 3.05) is 6.61 Å². The van der Waals surface area contributed by atoms with Crippen molar-refractivity contribution in [2.24, 2.45) is 5.92 Å². The fraction of sp³-hybridized carbons (Fsp3) is 0.462. The summed E-state index contributed by atoms with van der Waals surface area (Å²) in [6.07, 6.45) is 1.49. The van der Waals surface area contributed by atoms with Gasteiger partial charge in [-0.25, -0.2) is 9.78 Å². The molecule has 1 amide bonds. The van der Waals surface area contributed by atoms with Crippen LogP contribution in [0.25, 0.3) is 0 Å². The van der Waals surface area contributed by atoms with E-state index in [-0.39, 0.29) is 23.2 Å². The zero-order chi connectivity index (χ0) is 14.4. The first-order chi connectivity index (χ1) is 8.97. The highest BCUT2D eigenvalue weighted by atomic mass is 35.5. The third kappa shape index (κ3) is 4.21. The summed E-state index contributed by atoms with van der Waals surface area (Å²) in [6.45, 7) is 5.64. The number of aromatic nitrogens is 1. The van der Waals surface area contributed by atoms with E-state index in [0.717, 1.165) is 0 Å². The minimum absolute atomic E-state index is 0.0848. The second-order valence-corrected chi connectivity index (χ2v) is 4.65. The number of hydrogen-bond donors (Lipinski definition) is 1. The molecule has 0 bridgehead atoms. The molecule has 1 aromatic rings. The normalized spacial score (nSPS) is 12.1. The van der Waals surface area contributed by atoms with Crippen LogP contribution in [0.4, 0.5) is 0 Å². The minimum Gasteiger partial charge on any atom is -0.464 e. The molecule has 19 heavy (non-hydrogen) atoms. The van der Waals surface area contributed by atoms with E-state index in [9.17, 15) is 9.59 Å². The van der Waals surface area contributed by atoms with Crippen molar-refractivity contribution in [3.63, 3.8) is 0 Å². The number of carbonyl (C=O) groups is 2. The lowest BCUT2D eigenvalue weighted by molar-refractivity contribution is -0.146. The Kier molecular flexibility index (Phi) is 5.76. The number of ether oxygens (including phenoxy) is 1. The zero-order valence-electron chi connectivity index (χ0n) is 11.1. The zero-order valence-corrected chi connectivity index (χ0v) is 11.9. The monoisotopic (exact) mass is 284 g/mol. The van der Waals surface area contributed by atoms with Gasteiger partial charge in [-0.1, -0.05) is 25.4 Å². The van der Waals surface area contributed by atoms with E-state index < -0.39 is 17.9 Å². The number of amides is 1. The van der Waals surface area contributed by atoms with E-state index in [1.165, 1.54) is 6.20 Å². The molecule has 0 saturated heterocycles. The molecule has 0 aliphatic rings. The second kappa shape index (κ2) is 7.09. The number of nitrogens with one attached hydrogen (secondary N) is 1. The van der Waals surface area contributed by atoms with E-state index in [4.69, 9.17) is 16.3 Å². The molecule has 0 radical (unpaired) electrons. The Morgan fingerprint density at radius 3 is 2.68 bits per heavy atom. The Morgan fingerprint density at radius 1 is 1.47 bits per heavy atom. The molecule has 0 fully saturated rings. The number of pyridine rings is 1. The van der Waals surface area contributed by atoms with E-state index in [2.05, 4.69) is 10.3 Å². The summed E-state index contributed by atoms with van der Waals surface area (Å²) in [7, 11) is 0. The third-order valence-corrected chi connectivity index (χ3v) is 2.80. The van der Waals surface area contributed by atoms with Crippen molar-refractivity contribution < 1.29 is 14.3 Å². The maximum Gasteiger partial charge on any atom is 0.328 e. The van der Waals surface area contributed by atoms with Crippen LogP contribution in [0.2, 0.25) is 5.15 Å². The number of hydrogen-bond acceptors (Lipinski definition) is 4. The van der Waals surface area contributed by atoms with Crippen molar-refractivity contribution in [3.05, 3.63) is 29.0 Å². The van der Waals surface area contributed by atoms with Gasteiger partial charge in [-0.2, -0.15) is 0 Å². The van der Waals surface area contributed by atoms with Gasteiger partial charge in [0, 0.05) is 6.20 Å². The standard InChI is InChI=1S/C13H17ClN2O3/c1-4-19-13(18)10(8(2)3)16-12(17)9-6-5-7-15-11(9)14/h5-8,10H,4H2,1-3H3,(H,16,17)/t10-/m0/s1. The van der Waals surface area contributed by atoms with Crippen LogP contribution in [-0.2, 0) is 9.53 Å². The van der Waals surface area contributed by atoms with Crippen LogP contribution in [0.5, 0.6) is 0 Å². The number of rotatable bonds is 5. The molecule has 0 aliphatic carbocycles. The average Bonchev–Trinajstić information content (AvgIpc) is 2.36. The molecule has 1 aromatic heterocycles. The van der Waals surface area contributed by atoms with Crippen LogP contribution in [0, 0.1) is 5.92 Å². The Balaban J connectivity index is 2.83. The summed E-state index contributed by atoms with van der Waals surface area (Å²) in [5.74, 6) is -0.978. The van der Waals surface area contributed by atoms with Crippen molar-refractivity contribution in [1.82, 2.24) is 10.3 Å². The first-order valence-corrected chi connectivity index (χ1v) is 6.43. The molecule has 0 aromatic carbocycles. The van der Waals surface area contributed by atoms with Crippen LogP contribution in [0.15, 0.2) is 18.3 Å². The van der Waals surface area contributed by atoms with Crippen molar-refractivity contribution in [1.29, 1.82) is 0 Å². The van der Waals surface area contributed by atoms with Gasteiger partial charge in [-0.15, -0.1) is 0 Å². The topological polar surface area (TPSA) is 68.3 Å². The van der Waals surface area contributed by atoms with Crippen LogP contribution >= 0.6 is 11.6 Å². The van der Waals surface area contributed by atoms with Gasteiger partial charge in [-0.05, 0) is 25.0 Å². The largest absolute Gasteiger partial charge is 0.464 e. The predicted molar refractivity (Wildman–Crippen MR) is 72.0 cm³/mol.